The van der Waals surface area contributed by atoms with E-state index in [2.05, 4.69) is 4.98 Å². The van der Waals surface area contributed by atoms with E-state index >= 15 is 0 Å². The fourth-order valence-corrected chi connectivity index (χ4v) is 3.00. The summed E-state index contributed by atoms with van der Waals surface area (Å²) in [6.45, 7) is 5.03. The molecular formula is C14H18F6N2O2S. The number of carbonyl (C=O) groups is 1. The molecule has 0 saturated carbocycles. The van der Waals surface area contributed by atoms with Crippen molar-refractivity contribution in [1.29, 1.82) is 0 Å². The Morgan fingerprint density at radius 3 is 2.16 bits per heavy atom. The first-order valence-electron chi connectivity index (χ1n) is 7.40. The Bertz CT molecular complexity index is 583. The third-order valence-corrected chi connectivity index (χ3v) is 4.53. The van der Waals surface area contributed by atoms with Crippen molar-refractivity contribution in [3.63, 3.8) is 0 Å². The minimum atomic E-state index is -5.98. The van der Waals surface area contributed by atoms with Gasteiger partial charge in [0.15, 0.2) is 5.13 Å². The highest BCUT2D eigenvalue weighted by Gasteiger charge is 2.72. The summed E-state index contributed by atoms with van der Waals surface area (Å²) in [4.78, 5) is 15.3. The number of thiazole rings is 1. The molecule has 0 aromatic carbocycles. The zero-order valence-electron chi connectivity index (χ0n) is 13.7. The first-order valence-corrected chi connectivity index (χ1v) is 8.22. The van der Waals surface area contributed by atoms with Gasteiger partial charge in [-0.1, -0.05) is 38.5 Å². The van der Waals surface area contributed by atoms with Crippen LogP contribution in [0, 0.1) is 5.92 Å². The van der Waals surface area contributed by atoms with Crippen LogP contribution in [0.5, 0.6) is 0 Å². The Labute approximate surface area is 144 Å². The van der Waals surface area contributed by atoms with Crippen LogP contribution in [0.2, 0.25) is 0 Å². The third kappa shape index (κ3) is 4.25. The molecule has 25 heavy (non-hydrogen) atoms. The molecule has 1 N–H and O–H groups in total. The lowest BCUT2D eigenvalue weighted by Gasteiger charge is -2.31. The van der Waals surface area contributed by atoms with E-state index < -0.39 is 34.7 Å². The fraction of sp³-hybridized carbons (Fsp3) is 0.714. The number of hydrogen-bond acceptors (Lipinski definition) is 4. The standard InChI is InChI=1S/C14H18F6N2O2S/c1-4-5-6-22(10(23)8(2)3)11-21-7-9(25-11)12(24,13(15,16)17)14(18,19)20/h7-8,24H,4-6H2,1-3H3. The fourth-order valence-electron chi connectivity index (χ4n) is 1.93. The summed E-state index contributed by atoms with van der Waals surface area (Å²) in [6.07, 6.45) is -10.5. The molecule has 0 aliphatic carbocycles. The van der Waals surface area contributed by atoms with E-state index in [1.807, 2.05) is 6.92 Å². The van der Waals surface area contributed by atoms with Crippen molar-refractivity contribution < 1.29 is 36.2 Å². The lowest BCUT2D eigenvalue weighted by atomic mass is 10.0. The lowest BCUT2D eigenvalue weighted by Crippen LogP contribution is -2.53. The average Bonchev–Trinajstić information content (AvgIpc) is 2.93. The number of nitrogens with zero attached hydrogens (tertiary/aromatic N) is 2. The zero-order chi connectivity index (χ0) is 19.6. The number of aliphatic hydroxyl groups is 1. The van der Waals surface area contributed by atoms with Crippen molar-refractivity contribution >= 4 is 22.4 Å². The lowest BCUT2D eigenvalue weighted by molar-refractivity contribution is -0.375. The van der Waals surface area contributed by atoms with E-state index in [4.69, 9.17) is 0 Å². The van der Waals surface area contributed by atoms with Crippen molar-refractivity contribution in [2.75, 3.05) is 11.4 Å². The molecule has 1 amide bonds. The maximum absolute atomic E-state index is 12.9. The Morgan fingerprint density at radius 1 is 1.24 bits per heavy atom. The average molecular weight is 392 g/mol. The van der Waals surface area contributed by atoms with Crippen LogP contribution in [-0.4, -0.2) is 34.9 Å². The normalized spacial score (nSPS) is 13.4. The van der Waals surface area contributed by atoms with Crippen LogP contribution in [0.25, 0.3) is 0 Å². The topological polar surface area (TPSA) is 53.4 Å². The molecule has 0 atom stereocenters. The maximum Gasteiger partial charge on any atom is 0.431 e. The van der Waals surface area contributed by atoms with E-state index in [0.717, 1.165) is 4.90 Å². The molecule has 0 spiro atoms. The number of amides is 1. The van der Waals surface area contributed by atoms with Gasteiger partial charge in [0.05, 0.1) is 4.88 Å². The van der Waals surface area contributed by atoms with E-state index in [1.54, 1.807) is 13.8 Å². The van der Waals surface area contributed by atoms with Crippen LogP contribution < -0.4 is 4.90 Å². The summed E-state index contributed by atoms with van der Waals surface area (Å²) in [5.41, 5.74) is -5.03. The molecule has 0 fully saturated rings. The Hall–Kier alpha value is -1.36. The highest BCUT2D eigenvalue weighted by atomic mass is 32.1. The molecule has 4 nitrogen and oxygen atoms in total. The van der Waals surface area contributed by atoms with E-state index in [0.29, 0.717) is 19.0 Å². The van der Waals surface area contributed by atoms with Crippen LogP contribution in [0.3, 0.4) is 0 Å². The molecule has 1 rings (SSSR count). The zero-order valence-corrected chi connectivity index (χ0v) is 14.5. The van der Waals surface area contributed by atoms with Gasteiger partial charge < -0.3 is 5.11 Å². The molecule has 0 saturated heterocycles. The minimum absolute atomic E-state index is 0.00183. The van der Waals surface area contributed by atoms with Crippen molar-refractivity contribution in [3.05, 3.63) is 11.1 Å². The number of anilines is 1. The molecule has 1 aromatic heterocycles. The summed E-state index contributed by atoms with van der Waals surface area (Å²) >= 11 is 0.00183. The van der Waals surface area contributed by atoms with Gasteiger partial charge in [0, 0.05) is 18.7 Å². The minimum Gasteiger partial charge on any atom is -0.369 e. The first kappa shape index (κ1) is 21.7. The SMILES string of the molecule is CCCCN(C(=O)C(C)C)c1ncc(C(O)(C(F)(F)F)C(F)(F)F)s1. The maximum atomic E-state index is 12.9. The van der Waals surface area contributed by atoms with Gasteiger partial charge in [-0.05, 0) is 6.42 Å². The number of aromatic nitrogens is 1. The van der Waals surface area contributed by atoms with Gasteiger partial charge >= 0.3 is 12.4 Å². The van der Waals surface area contributed by atoms with Crippen LogP contribution in [-0.2, 0) is 10.4 Å². The van der Waals surface area contributed by atoms with Gasteiger partial charge in [0.1, 0.15) is 0 Å². The highest BCUT2D eigenvalue weighted by molar-refractivity contribution is 7.15. The van der Waals surface area contributed by atoms with Crippen molar-refractivity contribution in [3.8, 4) is 0 Å². The highest BCUT2D eigenvalue weighted by Crippen LogP contribution is 2.52. The Kier molecular flexibility index (Phi) is 6.49. The molecule has 1 aromatic rings. The molecular weight excluding hydrogens is 374 g/mol. The Balaban J connectivity index is 3.36. The summed E-state index contributed by atoms with van der Waals surface area (Å²) in [6, 6.07) is 0. The predicted molar refractivity (Wildman–Crippen MR) is 80.2 cm³/mol. The Morgan fingerprint density at radius 2 is 1.76 bits per heavy atom. The number of hydrogen-bond donors (Lipinski definition) is 1. The van der Waals surface area contributed by atoms with Gasteiger partial charge in [-0.15, -0.1) is 0 Å². The summed E-state index contributed by atoms with van der Waals surface area (Å²) in [5.74, 6) is -0.995. The van der Waals surface area contributed by atoms with Crippen LogP contribution in [0.15, 0.2) is 6.20 Å². The number of carbonyl (C=O) groups excluding carboxylic acids is 1. The molecule has 0 aliphatic rings. The van der Waals surface area contributed by atoms with Gasteiger partial charge in [-0.2, -0.15) is 26.3 Å². The molecule has 0 aliphatic heterocycles. The van der Waals surface area contributed by atoms with Crippen LogP contribution in [0.1, 0.15) is 38.5 Å². The monoisotopic (exact) mass is 392 g/mol. The summed E-state index contributed by atoms with van der Waals surface area (Å²) in [5, 5.41) is 9.08. The number of halogens is 6. The second-order valence-corrected chi connectivity index (χ2v) is 6.72. The molecule has 144 valence electrons. The summed E-state index contributed by atoms with van der Waals surface area (Å²) in [7, 11) is 0. The van der Waals surface area contributed by atoms with Gasteiger partial charge in [0.2, 0.25) is 5.91 Å². The van der Waals surface area contributed by atoms with Crippen molar-refractivity contribution in [2.24, 2.45) is 5.92 Å². The van der Waals surface area contributed by atoms with E-state index in [-0.39, 0.29) is 23.0 Å². The molecule has 1 heterocycles. The number of alkyl halides is 6. The van der Waals surface area contributed by atoms with Crippen LogP contribution >= 0.6 is 11.3 Å². The predicted octanol–water partition coefficient (Wildman–Crippen LogP) is 4.24. The second kappa shape index (κ2) is 7.48. The van der Waals surface area contributed by atoms with Gasteiger partial charge in [0.25, 0.3) is 5.60 Å². The first-order chi connectivity index (χ1) is 11.3. The second-order valence-electron chi connectivity index (χ2n) is 5.71. The summed E-state index contributed by atoms with van der Waals surface area (Å²) < 4.78 is 77.5. The molecule has 11 heteroatoms. The van der Waals surface area contributed by atoms with E-state index in [1.165, 1.54) is 0 Å². The molecule has 0 bridgehead atoms. The largest absolute Gasteiger partial charge is 0.431 e. The van der Waals surface area contributed by atoms with Crippen LogP contribution in [0.4, 0.5) is 31.5 Å². The van der Waals surface area contributed by atoms with E-state index in [9.17, 15) is 36.2 Å². The quantitative estimate of drug-likeness (QED) is 0.737. The number of rotatable bonds is 6. The van der Waals surface area contributed by atoms with Crippen molar-refractivity contribution in [2.45, 2.75) is 51.6 Å². The van der Waals surface area contributed by atoms with Gasteiger partial charge in [-0.3, -0.25) is 9.69 Å². The molecule has 0 unspecified atom stereocenters. The smallest absolute Gasteiger partial charge is 0.369 e. The molecule has 0 radical (unpaired) electrons. The van der Waals surface area contributed by atoms with Gasteiger partial charge in [-0.25, -0.2) is 4.98 Å². The van der Waals surface area contributed by atoms with Crippen molar-refractivity contribution in [1.82, 2.24) is 4.98 Å². The third-order valence-electron chi connectivity index (χ3n) is 3.40. The number of unbranched alkanes of at least 4 members (excludes halogenated alkanes) is 1.